The highest BCUT2D eigenvalue weighted by Crippen LogP contribution is 2.30. The lowest BCUT2D eigenvalue weighted by Crippen LogP contribution is -2.09. The second-order valence-electron chi connectivity index (χ2n) is 4.39. The van der Waals surface area contributed by atoms with E-state index in [0.29, 0.717) is 22.8 Å². The van der Waals surface area contributed by atoms with Crippen LogP contribution >= 0.6 is 15.9 Å². The SMILES string of the molecule is COc1ccc(C(=O)Oc2ccc(C)cc2Br)cc1OC. The summed E-state index contributed by atoms with van der Waals surface area (Å²) >= 11 is 3.38. The van der Waals surface area contributed by atoms with E-state index in [2.05, 4.69) is 15.9 Å². The highest BCUT2D eigenvalue weighted by Gasteiger charge is 2.14. The molecule has 0 saturated carbocycles. The summed E-state index contributed by atoms with van der Waals surface area (Å²) in [5.41, 5.74) is 1.47. The molecule has 0 aliphatic heterocycles. The first kappa shape index (κ1) is 15.4. The van der Waals surface area contributed by atoms with Crippen molar-refractivity contribution in [3.8, 4) is 17.2 Å². The standard InChI is InChI=1S/C16H15BrO4/c1-10-4-6-13(12(17)8-10)21-16(18)11-5-7-14(19-2)15(9-11)20-3/h4-9H,1-3H3. The van der Waals surface area contributed by atoms with Crippen LogP contribution in [0.5, 0.6) is 17.2 Å². The maximum absolute atomic E-state index is 12.2. The Morgan fingerprint density at radius 3 is 2.24 bits per heavy atom. The van der Waals surface area contributed by atoms with E-state index in [-0.39, 0.29) is 0 Å². The van der Waals surface area contributed by atoms with E-state index in [1.165, 1.54) is 7.11 Å². The summed E-state index contributed by atoms with van der Waals surface area (Å²) < 4.78 is 16.4. The molecule has 0 radical (unpaired) electrons. The Morgan fingerprint density at radius 2 is 1.62 bits per heavy atom. The van der Waals surface area contributed by atoms with Crippen molar-refractivity contribution in [1.82, 2.24) is 0 Å². The zero-order valence-electron chi connectivity index (χ0n) is 12.0. The van der Waals surface area contributed by atoms with Crippen LogP contribution in [0.4, 0.5) is 0 Å². The Morgan fingerprint density at radius 1 is 0.952 bits per heavy atom. The number of halogens is 1. The average Bonchev–Trinajstić information content (AvgIpc) is 2.49. The van der Waals surface area contributed by atoms with Crippen molar-refractivity contribution in [3.63, 3.8) is 0 Å². The molecule has 21 heavy (non-hydrogen) atoms. The van der Waals surface area contributed by atoms with Crippen LogP contribution in [0.3, 0.4) is 0 Å². The Bertz CT molecular complexity index is 667. The molecule has 0 fully saturated rings. The molecule has 0 amide bonds. The largest absolute Gasteiger partial charge is 0.493 e. The number of hydrogen-bond acceptors (Lipinski definition) is 4. The topological polar surface area (TPSA) is 44.8 Å². The number of aryl methyl sites for hydroxylation is 1. The van der Waals surface area contributed by atoms with E-state index in [1.807, 2.05) is 19.1 Å². The molecule has 110 valence electrons. The molecule has 2 rings (SSSR count). The van der Waals surface area contributed by atoms with E-state index >= 15 is 0 Å². The fourth-order valence-electron chi connectivity index (χ4n) is 1.81. The minimum atomic E-state index is -0.458. The minimum Gasteiger partial charge on any atom is -0.493 e. The summed E-state index contributed by atoms with van der Waals surface area (Å²) in [7, 11) is 3.06. The zero-order chi connectivity index (χ0) is 15.4. The first-order chi connectivity index (χ1) is 10.0. The van der Waals surface area contributed by atoms with Gasteiger partial charge in [0.1, 0.15) is 5.75 Å². The number of rotatable bonds is 4. The highest BCUT2D eigenvalue weighted by atomic mass is 79.9. The number of hydrogen-bond donors (Lipinski definition) is 0. The number of esters is 1. The van der Waals surface area contributed by atoms with Crippen LogP contribution in [0.15, 0.2) is 40.9 Å². The van der Waals surface area contributed by atoms with Crippen LogP contribution in [0.25, 0.3) is 0 Å². The summed E-state index contributed by atoms with van der Waals surface area (Å²) in [6.07, 6.45) is 0. The molecule has 0 atom stereocenters. The van der Waals surface area contributed by atoms with Crippen LogP contribution in [0.2, 0.25) is 0 Å². The van der Waals surface area contributed by atoms with Gasteiger partial charge in [-0.2, -0.15) is 0 Å². The Kier molecular flexibility index (Phi) is 4.85. The fraction of sp³-hybridized carbons (Fsp3) is 0.188. The van der Waals surface area contributed by atoms with Gasteiger partial charge in [0.2, 0.25) is 0 Å². The van der Waals surface area contributed by atoms with Gasteiger partial charge in [0.15, 0.2) is 11.5 Å². The van der Waals surface area contributed by atoms with Crippen molar-refractivity contribution in [1.29, 1.82) is 0 Å². The van der Waals surface area contributed by atoms with Crippen molar-refractivity contribution in [2.45, 2.75) is 6.92 Å². The monoisotopic (exact) mass is 350 g/mol. The van der Waals surface area contributed by atoms with E-state index in [9.17, 15) is 4.79 Å². The molecule has 0 aliphatic carbocycles. The Hall–Kier alpha value is -2.01. The van der Waals surface area contributed by atoms with Crippen molar-refractivity contribution in [3.05, 3.63) is 52.0 Å². The molecular formula is C16H15BrO4. The summed E-state index contributed by atoms with van der Waals surface area (Å²) in [5, 5.41) is 0. The third kappa shape index (κ3) is 3.55. The molecule has 0 aromatic heterocycles. The van der Waals surface area contributed by atoms with Gasteiger partial charge in [-0.25, -0.2) is 4.79 Å². The maximum Gasteiger partial charge on any atom is 0.343 e. The van der Waals surface area contributed by atoms with Crippen LogP contribution in [-0.2, 0) is 0 Å². The number of methoxy groups -OCH3 is 2. The van der Waals surface area contributed by atoms with E-state index in [4.69, 9.17) is 14.2 Å². The molecule has 2 aromatic carbocycles. The van der Waals surface area contributed by atoms with E-state index in [0.717, 1.165) is 10.0 Å². The number of benzene rings is 2. The quantitative estimate of drug-likeness (QED) is 0.617. The van der Waals surface area contributed by atoms with Crippen LogP contribution < -0.4 is 14.2 Å². The Balaban J connectivity index is 2.24. The maximum atomic E-state index is 12.2. The summed E-state index contributed by atoms with van der Waals surface area (Å²) in [6, 6.07) is 10.4. The van der Waals surface area contributed by atoms with Crippen molar-refractivity contribution >= 4 is 21.9 Å². The third-order valence-electron chi connectivity index (χ3n) is 2.91. The van der Waals surface area contributed by atoms with Crippen molar-refractivity contribution in [2.75, 3.05) is 14.2 Å². The predicted molar refractivity (Wildman–Crippen MR) is 83.4 cm³/mol. The normalized spacial score (nSPS) is 10.1. The summed E-state index contributed by atoms with van der Waals surface area (Å²) in [6.45, 7) is 1.96. The van der Waals surface area contributed by atoms with Crippen LogP contribution in [0, 0.1) is 6.92 Å². The predicted octanol–water partition coefficient (Wildman–Crippen LogP) is 3.99. The molecule has 4 nitrogen and oxygen atoms in total. The lowest BCUT2D eigenvalue weighted by Gasteiger charge is -2.10. The van der Waals surface area contributed by atoms with Gasteiger partial charge >= 0.3 is 5.97 Å². The molecule has 5 heteroatoms. The molecule has 0 spiro atoms. The van der Waals surface area contributed by atoms with Gasteiger partial charge in [0.05, 0.1) is 24.3 Å². The molecular weight excluding hydrogens is 336 g/mol. The van der Waals surface area contributed by atoms with Crippen LogP contribution in [-0.4, -0.2) is 20.2 Å². The summed E-state index contributed by atoms with van der Waals surface area (Å²) in [4.78, 5) is 12.2. The molecule has 2 aromatic rings. The highest BCUT2D eigenvalue weighted by molar-refractivity contribution is 9.10. The lowest BCUT2D eigenvalue weighted by molar-refractivity contribution is 0.0733. The molecule has 0 saturated heterocycles. The van der Waals surface area contributed by atoms with Gasteiger partial charge in [-0.05, 0) is 58.7 Å². The molecule has 0 aliphatic rings. The zero-order valence-corrected chi connectivity index (χ0v) is 13.6. The van der Waals surface area contributed by atoms with Crippen molar-refractivity contribution < 1.29 is 19.0 Å². The Labute approximate surface area is 131 Å². The van der Waals surface area contributed by atoms with Gasteiger partial charge in [-0.1, -0.05) is 6.07 Å². The van der Waals surface area contributed by atoms with Gasteiger partial charge in [0, 0.05) is 0 Å². The molecule has 0 N–H and O–H groups in total. The smallest absolute Gasteiger partial charge is 0.343 e. The first-order valence-corrected chi connectivity index (χ1v) is 7.05. The summed E-state index contributed by atoms with van der Waals surface area (Å²) in [5.74, 6) is 1.06. The van der Waals surface area contributed by atoms with E-state index in [1.54, 1.807) is 31.4 Å². The third-order valence-corrected chi connectivity index (χ3v) is 3.53. The van der Waals surface area contributed by atoms with Gasteiger partial charge in [-0.3, -0.25) is 0 Å². The van der Waals surface area contributed by atoms with Crippen molar-refractivity contribution in [2.24, 2.45) is 0 Å². The number of carbonyl (C=O) groups excluding carboxylic acids is 1. The van der Waals surface area contributed by atoms with E-state index < -0.39 is 5.97 Å². The first-order valence-electron chi connectivity index (χ1n) is 6.25. The average molecular weight is 351 g/mol. The molecule has 0 heterocycles. The fourth-order valence-corrected chi connectivity index (χ4v) is 2.38. The second kappa shape index (κ2) is 6.63. The van der Waals surface area contributed by atoms with Gasteiger partial charge in [-0.15, -0.1) is 0 Å². The van der Waals surface area contributed by atoms with Crippen LogP contribution in [0.1, 0.15) is 15.9 Å². The van der Waals surface area contributed by atoms with Gasteiger partial charge < -0.3 is 14.2 Å². The van der Waals surface area contributed by atoms with Gasteiger partial charge in [0.25, 0.3) is 0 Å². The molecule has 0 unspecified atom stereocenters. The number of carbonyl (C=O) groups is 1. The molecule has 0 bridgehead atoms. The minimum absolute atomic E-state index is 0.389. The lowest BCUT2D eigenvalue weighted by atomic mass is 10.2. The second-order valence-corrected chi connectivity index (χ2v) is 5.25. The number of ether oxygens (including phenoxy) is 3.